The lowest BCUT2D eigenvalue weighted by atomic mass is 9.87. The van der Waals surface area contributed by atoms with E-state index in [0.29, 0.717) is 11.5 Å². The van der Waals surface area contributed by atoms with Gasteiger partial charge in [-0.3, -0.25) is 0 Å². The molecule has 4 nitrogen and oxygen atoms in total. The van der Waals surface area contributed by atoms with Crippen molar-refractivity contribution < 1.29 is 15.0 Å². The molecule has 1 aliphatic rings. The minimum Gasteiger partial charge on any atom is -0.478 e. The number of aryl methyl sites for hydroxylation is 1. The second kappa shape index (κ2) is 5.53. The number of aromatic nitrogens is 1. The molecule has 0 spiro atoms. The van der Waals surface area contributed by atoms with Crippen LogP contribution in [0, 0.1) is 5.92 Å². The van der Waals surface area contributed by atoms with Crippen molar-refractivity contribution in [1.29, 1.82) is 0 Å². The van der Waals surface area contributed by atoms with Crippen LogP contribution in [0.2, 0.25) is 0 Å². The lowest BCUT2D eigenvalue weighted by Crippen LogP contribution is -2.14. The van der Waals surface area contributed by atoms with E-state index < -0.39 is 5.97 Å². The molecule has 0 fully saturated rings. The molecule has 0 amide bonds. The van der Waals surface area contributed by atoms with Gasteiger partial charge >= 0.3 is 5.97 Å². The molecule has 1 unspecified atom stereocenters. The van der Waals surface area contributed by atoms with E-state index in [1.54, 1.807) is 6.07 Å². The van der Waals surface area contributed by atoms with Gasteiger partial charge in [0.05, 0.1) is 5.56 Å². The van der Waals surface area contributed by atoms with Gasteiger partial charge in [-0.15, -0.1) is 0 Å². The van der Waals surface area contributed by atoms with Gasteiger partial charge in [0, 0.05) is 29.7 Å². The van der Waals surface area contributed by atoms with Crippen LogP contribution in [0.5, 0.6) is 0 Å². The number of fused-ring (bicyclic) bond motifs is 3. The standard InChI is InChI=1S/C17H21NO3/c1-11-3-5-15-13(9-11)14-10-12(17(20)21)4-6-16(14)18(15)7-2-8-19/h4,6,10-11,19H,2-3,5,7-9H2,1H3,(H,20,21). The number of aliphatic hydroxyl groups excluding tert-OH is 1. The Morgan fingerprint density at radius 1 is 1.43 bits per heavy atom. The van der Waals surface area contributed by atoms with Crippen LogP contribution in [0.4, 0.5) is 0 Å². The molecule has 2 aromatic rings. The molecule has 0 bridgehead atoms. The molecule has 0 aliphatic heterocycles. The Morgan fingerprint density at radius 2 is 2.24 bits per heavy atom. The zero-order chi connectivity index (χ0) is 15.0. The molecule has 4 heteroatoms. The maximum absolute atomic E-state index is 11.2. The fourth-order valence-corrected chi connectivity index (χ4v) is 3.44. The Kier molecular flexibility index (Phi) is 3.72. The highest BCUT2D eigenvalue weighted by molar-refractivity contribution is 5.95. The topological polar surface area (TPSA) is 62.5 Å². The summed E-state index contributed by atoms with van der Waals surface area (Å²) in [5, 5.41) is 19.4. The van der Waals surface area contributed by atoms with Gasteiger partial charge in [-0.05, 0) is 55.4 Å². The summed E-state index contributed by atoms with van der Waals surface area (Å²) in [5.74, 6) is -0.236. The lowest BCUT2D eigenvalue weighted by Gasteiger charge is -2.20. The van der Waals surface area contributed by atoms with Crippen molar-refractivity contribution in [3.63, 3.8) is 0 Å². The van der Waals surface area contributed by atoms with Crippen LogP contribution >= 0.6 is 0 Å². The SMILES string of the molecule is CC1CCc2c(c3cc(C(=O)O)ccc3n2CCCO)C1. The van der Waals surface area contributed by atoms with Crippen LogP contribution in [-0.4, -0.2) is 27.4 Å². The highest BCUT2D eigenvalue weighted by Gasteiger charge is 2.23. The molecule has 3 rings (SSSR count). The van der Waals surface area contributed by atoms with Crippen LogP contribution in [0.15, 0.2) is 18.2 Å². The third kappa shape index (κ3) is 2.44. The second-order valence-electron chi connectivity index (χ2n) is 6.04. The molecule has 21 heavy (non-hydrogen) atoms. The molecule has 1 aromatic heterocycles. The minimum atomic E-state index is -0.877. The molecular formula is C17H21NO3. The number of aromatic carboxylic acids is 1. The fourth-order valence-electron chi connectivity index (χ4n) is 3.44. The molecule has 1 atom stereocenters. The maximum atomic E-state index is 11.2. The van der Waals surface area contributed by atoms with Gasteiger partial charge < -0.3 is 14.8 Å². The van der Waals surface area contributed by atoms with Crippen molar-refractivity contribution in [3.05, 3.63) is 35.0 Å². The van der Waals surface area contributed by atoms with Crippen molar-refractivity contribution >= 4 is 16.9 Å². The Labute approximate surface area is 124 Å². The normalized spacial score (nSPS) is 17.9. The quantitative estimate of drug-likeness (QED) is 0.909. The third-order valence-electron chi connectivity index (χ3n) is 4.50. The predicted octanol–water partition coefficient (Wildman–Crippen LogP) is 2.85. The molecule has 1 heterocycles. The van der Waals surface area contributed by atoms with Crippen molar-refractivity contribution in [2.75, 3.05) is 6.61 Å². The van der Waals surface area contributed by atoms with Gasteiger partial charge in [0.25, 0.3) is 0 Å². The first-order valence-corrected chi connectivity index (χ1v) is 7.60. The first kappa shape index (κ1) is 14.1. The Morgan fingerprint density at radius 3 is 2.95 bits per heavy atom. The monoisotopic (exact) mass is 287 g/mol. The van der Waals surface area contributed by atoms with Crippen LogP contribution in [0.3, 0.4) is 0 Å². The van der Waals surface area contributed by atoms with Crippen molar-refractivity contribution in [1.82, 2.24) is 4.57 Å². The molecular weight excluding hydrogens is 266 g/mol. The van der Waals surface area contributed by atoms with Crippen LogP contribution < -0.4 is 0 Å². The zero-order valence-electron chi connectivity index (χ0n) is 12.3. The molecule has 1 aromatic carbocycles. The Bertz CT molecular complexity index is 687. The lowest BCUT2D eigenvalue weighted by molar-refractivity contribution is 0.0697. The number of hydrogen-bond donors (Lipinski definition) is 2. The van der Waals surface area contributed by atoms with E-state index in [2.05, 4.69) is 11.5 Å². The van der Waals surface area contributed by atoms with Gasteiger partial charge in [-0.2, -0.15) is 0 Å². The summed E-state index contributed by atoms with van der Waals surface area (Å²) in [4.78, 5) is 11.2. The van der Waals surface area contributed by atoms with Gasteiger partial charge in [0.15, 0.2) is 0 Å². The number of rotatable bonds is 4. The average molecular weight is 287 g/mol. The minimum absolute atomic E-state index is 0.179. The fraction of sp³-hybridized carbons (Fsp3) is 0.471. The first-order valence-electron chi connectivity index (χ1n) is 7.60. The highest BCUT2D eigenvalue weighted by atomic mass is 16.4. The Balaban J connectivity index is 2.19. The maximum Gasteiger partial charge on any atom is 0.335 e. The number of benzene rings is 1. The van der Waals surface area contributed by atoms with Crippen LogP contribution in [0.1, 0.15) is 41.4 Å². The first-order chi connectivity index (χ1) is 10.1. The van der Waals surface area contributed by atoms with E-state index in [-0.39, 0.29) is 6.61 Å². The molecule has 112 valence electrons. The van der Waals surface area contributed by atoms with E-state index in [1.165, 1.54) is 17.7 Å². The molecule has 0 saturated carbocycles. The zero-order valence-corrected chi connectivity index (χ0v) is 12.3. The van der Waals surface area contributed by atoms with Gasteiger partial charge in [0.2, 0.25) is 0 Å². The molecule has 1 aliphatic carbocycles. The summed E-state index contributed by atoms with van der Waals surface area (Å²) in [6.45, 7) is 3.22. The number of carboxylic acid groups (broad SMARTS) is 1. The van der Waals surface area contributed by atoms with E-state index in [4.69, 9.17) is 5.11 Å². The van der Waals surface area contributed by atoms with Crippen molar-refractivity contribution in [2.45, 2.75) is 39.2 Å². The van der Waals surface area contributed by atoms with Gasteiger partial charge in [0.1, 0.15) is 0 Å². The van der Waals surface area contributed by atoms with E-state index in [9.17, 15) is 9.90 Å². The largest absolute Gasteiger partial charge is 0.478 e. The average Bonchev–Trinajstić information content (AvgIpc) is 2.77. The molecule has 0 saturated heterocycles. The second-order valence-corrected chi connectivity index (χ2v) is 6.04. The predicted molar refractivity (Wildman–Crippen MR) is 81.8 cm³/mol. The van der Waals surface area contributed by atoms with Gasteiger partial charge in [-0.25, -0.2) is 4.79 Å². The summed E-state index contributed by atoms with van der Waals surface area (Å²) in [7, 11) is 0. The smallest absolute Gasteiger partial charge is 0.335 e. The van der Waals surface area contributed by atoms with Gasteiger partial charge in [-0.1, -0.05) is 6.92 Å². The number of hydrogen-bond acceptors (Lipinski definition) is 2. The highest BCUT2D eigenvalue weighted by Crippen LogP contribution is 2.35. The summed E-state index contributed by atoms with van der Waals surface area (Å²) in [6.07, 6.45) is 3.96. The van der Waals surface area contributed by atoms with Crippen LogP contribution in [-0.2, 0) is 19.4 Å². The van der Waals surface area contributed by atoms with E-state index >= 15 is 0 Å². The number of aliphatic hydroxyl groups is 1. The van der Waals surface area contributed by atoms with E-state index in [0.717, 1.165) is 36.7 Å². The van der Waals surface area contributed by atoms with Crippen molar-refractivity contribution in [2.24, 2.45) is 5.92 Å². The molecule has 0 radical (unpaired) electrons. The number of nitrogens with zero attached hydrogens (tertiary/aromatic N) is 1. The van der Waals surface area contributed by atoms with E-state index in [1.807, 2.05) is 12.1 Å². The number of carboxylic acids is 1. The van der Waals surface area contributed by atoms with Crippen molar-refractivity contribution in [3.8, 4) is 0 Å². The molecule has 2 N–H and O–H groups in total. The number of carbonyl (C=O) groups is 1. The third-order valence-corrected chi connectivity index (χ3v) is 4.50. The summed E-state index contributed by atoms with van der Waals surface area (Å²) in [5.41, 5.74) is 4.10. The summed E-state index contributed by atoms with van der Waals surface area (Å²) in [6, 6.07) is 5.40. The summed E-state index contributed by atoms with van der Waals surface area (Å²) < 4.78 is 2.28. The summed E-state index contributed by atoms with van der Waals surface area (Å²) >= 11 is 0. The van der Waals surface area contributed by atoms with Crippen LogP contribution in [0.25, 0.3) is 10.9 Å². The Hall–Kier alpha value is -1.81.